The average Bonchev–Trinajstić information content (AvgIpc) is 3.68. The zero-order valence-electron chi connectivity index (χ0n) is 57.9. The fourth-order valence-electron chi connectivity index (χ4n) is 10.7. The number of hydrogen-bond acceptors (Lipinski definition) is 8. The van der Waals surface area contributed by atoms with Gasteiger partial charge in [-0.1, -0.05) is 367 Å². The van der Waals surface area contributed by atoms with E-state index in [1.807, 2.05) is 6.08 Å². The summed E-state index contributed by atoms with van der Waals surface area (Å²) in [6.07, 6.45) is 102. The van der Waals surface area contributed by atoms with E-state index in [0.717, 1.165) is 77.0 Å². The highest BCUT2D eigenvalue weighted by molar-refractivity contribution is 7.47. The fourth-order valence-corrected chi connectivity index (χ4v) is 11.5. The molecule has 10 heteroatoms. The topological polar surface area (TPSA) is 134 Å². The van der Waals surface area contributed by atoms with Crippen LogP contribution in [-0.2, 0) is 32.7 Å². The van der Waals surface area contributed by atoms with E-state index in [1.165, 1.54) is 231 Å². The van der Waals surface area contributed by atoms with Crippen LogP contribution < -0.4 is 5.73 Å². The Kier molecular flexibility index (Phi) is 71.0. The third kappa shape index (κ3) is 73.6. The maximum atomic E-state index is 12.7. The van der Waals surface area contributed by atoms with Gasteiger partial charge in [-0.2, -0.15) is 0 Å². The van der Waals surface area contributed by atoms with Gasteiger partial charge in [-0.05, 0) is 77.0 Å². The lowest BCUT2D eigenvalue weighted by molar-refractivity contribution is -0.161. The van der Waals surface area contributed by atoms with Gasteiger partial charge in [-0.25, -0.2) is 4.57 Å². The predicted octanol–water partition coefficient (Wildman–Crippen LogP) is 24.9. The Hall–Kier alpha value is -3.33. The van der Waals surface area contributed by atoms with Gasteiger partial charge in [0.2, 0.25) is 0 Å². The molecule has 514 valence electrons. The Morgan fingerprint density at radius 3 is 0.910 bits per heavy atom. The molecule has 0 radical (unpaired) electrons. The summed E-state index contributed by atoms with van der Waals surface area (Å²) in [5.74, 6) is -0.892. The summed E-state index contributed by atoms with van der Waals surface area (Å²) in [5.41, 5.74) is 5.40. The molecule has 0 spiro atoms. The Bertz CT molecular complexity index is 1830. The number of carbonyl (C=O) groups is 2. The molecule has 0 saturated carbocycles. The molecular formula is C79H140NO8P. The van der Waals surface area contributed by atoms with Gasteiger partial charge < -0.3 is 20.1 Å². The van der Waals surface area contributed by atoms with Crippen molar-refractivity contribution in [2.45, 2.75) is 354 Å². The van der Waals surface area contributed by atoms with Gasteiger partial charge in [0.15, 0.2) is 6.10 Å². The lowest BCUT2D eigenvalue weighted by Gasteiger charge is -2.19. The molecule has 0 aliphatic carbocycles. The maximum absolute atomic E-state index is 12.7. The summed E-state index contributed by atoms with van der Waals surface area (Å²) >= 11 is 0. The monoisotopic (exact) mass is 1260 g/mol. The third-order valence-electron chi connectivity index (χ3n) is 16.2. The van der Waals surface area contributed by atoms with Crippen molar-refractivity contribution in [1.29, 1.82) is 0 Å². The quantitative estimate of drug-likeness (QED) is 0.0264. The molecule has 9 nitrogen and oxygen atoms in total. The zero-order chi connectivity index (χ0) is 64.4. The summed E-state index contributed by atoms with van der Waals surface area (Å²) < 4.78 is 33.1. The number of unbranched alkanes of at least 4 members (excludes halogenated alkanes) is 39. The number of esters is 2. The van der Waals surface area contributed by atoms with Crippen molar-refractivity contribution in [3.63, 3.8) is 0 Å². The van der Waals surface area contributed by atoms with Gasteiger partial charge in [0.1, 0.15) is 6.61 Å². The van der Waals surface area contributed by atoms with E-state index in [4.69, 9.17) is 24.3 Å². The van der Waals surface area contributed by atoms with E-state index in [9.17, 15) is 19.0 Å². The summed E-state index contributed by atoms with van der Waals surface area (Å²) in [4.78, 5) is 35.3. The molecule has 0 fully saturated rings. The smallest absolute Gasteiger partial charge is 0.462 e. The molecule has 0 amide bonds. The van der Waals surface area contributed by atoms with Crippen molar-refractivity contribution < 1.29 is 37.6 Å². The van der Waals surface area contributed by atoms with Gasteiger partial charge in [-0.3, -0.25) is 18.6 Å². The number of ether oxygens (including phenoxy) is 2. The first-order chi connectivity index (χ1) is 43.8. The lowest BCUT2D eigenvalue weighted by atomic mass is 10.0. The molecular weight excluding hydrogens is 1120 g/mol. The summed E-state index contributed by atoms with van der Waals surface area (Å²) in [6, 6.07) is 0. The minimum absolute atomic E-state index is 0.0398. The highest BCUT2D eigenvalue weighted by atomic mass is 31.2. The van der Waals surface area contributed by atoms with Crippen LogP contribution in [0.5, 0.6) is 0 Å². The van der Waals surface area contributed by atoms with Gasteiger partial charge in [0.05, 0.1) is 13.2 Å². The molecule has 0 bridgehead atoms. The van der Waals surface area contributed by atoms with Gasteiger partial charge >= 0.3 is 19.8 Å². The second-order valence-corrected chi connectivity index (χ2v) is 26.2. The van der Waals surface area contributed by atoms with E-state index >= 15 is 0 Å². The van der Waals surface area contributed by atoms with Gasteiger partial charge in [-0.15, -0.1) is 0 Å². The minimum Gasteiger partial charge on any atom is -0.462 e. The molecule has 89 heavy (non-hydrogen) atoms. The molecule has 0 aromatic carbocycles. The van der Waals surface area contributed by atoms with E-state index in [-0.39, 0.29) is 32.6 Å². The third-order valence-corrected chi connectivity index (χ3v) is 17.2. The molecule has 0 heterocycles. The second kappa shape index (κ2) is 73.7. The van der Waals surface area contributed by atoms with Crippen LogP contribution in [0.4, 0.5) is 0 Å². The highest BCUT2D eigenvalue weighted by Gasteiger charge is 2.26. The Balaban J connectivity index is 3.88. The first kappa shape index (κ1) is 85.7. The normalized spacial score (nSPS) is 13.5. The van der Waals surface area contributed by atoms with Crippen LogP contribution in [0.1, 0.15) is 348 Å². The van der Waals surface area contributed by atoms with Crippen molar-refractivity contribution in [1.82, 2.24) is 0 Å². The van der Waals surface area contributed by atoms with Crippen LogP contribution in [0.15, 0.2) is 109 Å². The van der Waals surface area contributed by atoms with Crippen LogP contribution >= 0.6 is 7.82 Å². The van der Waals surface area contributed by atoms with Crippen molar-refractivity contribution in [3.05, 3.63) is 109 Å². The largest absolute Gasteiger partial charge is 0.472 e. The molecule has 0 aromatic heterocycles. The standard InChI is InChI=1S/C79H140NO8P/c1-3-5-7-9-11-13-15-17-19-21-23-25-27-29-31-33-34-35-36-37-38-39-40-41-42-44-45-47-49-51-53-55-57-59-61-63-65-67-69-71-78(81)85-75-77(76-87-89(83,84)86-74-73-80)88-79(82)72-70-68-66-64-62-60-58-56-54-52-50-48-46-43-32-30-28-26-24-22-20-18-16-14-12-10-8-6-4-2/h6,8,12,14,18,20,24,26,30,32,46,48,52,54,58,60,64,66,77H,3-5,7,9-11,13,15-17,19,21-23,25,27-29,31,33-45,47,49-51,53,55-57,59,61-63,65,67-76,80H2,1-2H3,(H,83,84)/b8-6-,14-12-,20-18-,26-24-,32-30-,48-46-,54-52-,60-58-,66-64-. The Morgan fingerprint density at radius 2 is 0.618 bits per heavy atom. The van der Waals surface area contributed by atoms with E-state index in [2.05, 4.69) is 117 Å². The number of carbonyl (C=O) groups excluding carboxylic acids is 2. The second-order valence-electron chi connectivity index (χ2n) is 24.8. The molecule has 2 atom stereocenters. The fraction of sp³-hybridized carbons (Fsp3) is 0.747. The van der Waals surface area contributed by atoms with E-state index in [1.54, 1.807) is 0 Å². The molecule has 0 aromatic rings. The lowest BCUT2D eigenvalue weighted by Crippen LogP contribution is -2.29. The summed E-state index contributed by atoms with van der Waals surface area (Å²) in [7, 11) is -4.42. The molecule has 0 aliphatic rings. The van der Waals surface area contributed by atoms with Crippen molar-refractivity contribution >= 4 is 19.8 Å². The number of phosphoric acid groups is 1. The molecule has 3 N–H and O–H groups in total. The summed E-state index contributed by atoms with van der Waals surface area (Å²) in [5, 5.41) is 0. The highest BCUT2D eigenvalue weighted by Crippen LogP contribution is 2.43. The molecule has 0 aliphatic heterocycles. The Labute approximate surface area is 549 Å². The summed E-state index contributed by atoms with van der Waals surface area (Å²) in [6.45, 7) is 3.60. The zero-order valence-corrected chi connectivity index (χ0v) is 58.8. The van der Waals surface area contributed by atoms with Crippen molar-refractivity contribution in [3.8, 4) is 0 Å². The average molecular weight is 1260 g/mol. The number of nitrogens with two attached hydrogens (primary N) is 1. The van der Waals surface area contributed by atoms with Crippen molar-refractivity contribution in [2.24, 2.45) is 5.73 Å². The first-order valence-corrected chi connectivity index (χ1v) is 38.9. The molecule has 0 rings (SSSR count). The maximum Gasteiger partial charge on any atom is 0.472 e. The van der Waals surface area contributed by atoms with Crippen molar-refractivity contribution in [2.75, 3.05) is 26.4 Å². The number of phosphoric ester groups is 1. The number of hydrogen-bond donors (Lipinski definition) is 2. The van der Waals surface area contributed by atoms with Gasteiger partial charge in [0, 0.05) is 19.4 Å². The first-order valence-electron chi connectivity index (χ1n) is 37.4. The molecule has 0 saturated heterocycles. The SMILES string of the molecule is CC/C=C\C/C=C\C/C=C\C/C=C\C/C=C\C/C=C\C/C=C\C/C=C\C/C=C\CCCC(=O)OC(COC(=O)CCCCCCCCCCCCCCCCCCCCCCCCCCCCCCCCCCCCCCCCC)COP(=O)(O)OCCN. The van der Waals surface area contributed by atoms with Crippen LogP contribution in [-0.4, -0.2) is 49.3 Å². The molecule has 2 unspecified atom stereocenters. The van der Waals surface area contributed by atoms with Crippen LogP contribution in [0.2, 0.25) is 0 Å². The number of rotatable bonds is 70. The predicted molar refractivity (Wildman–Crippen MR) is 385 cm³/mol. The van der Waals surface area contributed by atoms with Crippen LogP contribution in [0.3, 0.4) is 0 Å². The van der Waals surface area contributed by atoms with Crippen LogP contribution in [0, 0.1) is 0 Å². The van der Waals surface area contributed by atoms with E-state index < -0.39 is 32.5 Å². The van der Waals surface area contributed by atoms with Gasteiger partial charge in [0.25, 0.3) is 0 Å². The Morgan fingerprint density at radius 1 is 0.348 bits per heavy atom. The van der Waals surface area contributed by atoms with Crippen LogP contribution in [0.25, 0.3) is 0 Å². The number of allylic oxidation sites excluding steroid dienone is 18. The van der Waals surface area contributed by atoms with E-state index in [0.29, 0.717) is 12.8 Å². The minimum atomic E-state index is -4.42.